The van der Waals surface area contributed by atoms with Crippen molar-refractivity contribution in [1.82, 2.24) is 4.98 Å². The summed E-state index contributed by atoms with van der Waals surface area (Å²) in [5.74, 6) is -0.204. The third-order valence-corrected chi connectivity index (χ3v) is 5.01. The standard InChI is InChI=1S/C12H10BrClN2O2S/c13-8-1-3-10(16-6-8)7-19(17,18)12-4-2-9(15)5-11(12)14/h1-6H,7,15H2. The van der Waals surface area contributed by atoms with E-state index in [1.165, 1.54) is 18.2 Å². The van der Waals surface area contributed by atoms with Gasteiger partial charge in [0.25, 0.3) is 0 Å². The molecule has 0 aliphatic carbocycles. The van der Waals surface area contributed by atoms with Gasteiger partial charge < -0.3 is 5.73 Å². The first-order valence-electron chi connectivity index (χ1n) is 5.27. The molecule has 0 saturated heterocycles. The van der Waals surface area contributed by atoms with Crippen molar-refractivity contribution in [3.05, 3.63) is 51.7 Å². The smallest absolute Gasteiger partial charge is 0.185 e. The van der Waals surface area contributed by atoms with E-state index < -0.39 is 9.84 Å². The van der Waals surface area contributed by atoms with E-state index in [0.29, 0.717) is 11.4 Å². The van der Waals surface area contributed by atoms with E-state index in [2.05, 4.69) is 20.9 Å². The maximum Gasteiger partial charge on any atom is 0.185 e. The van der Waals surface area contributed by atoms with Crippen molar-refractivity contribution in [1.29, 1.82) is 0 Å². The predicted molar refractivity (Wildman–Crippen MR) is 78.7 cm³/mol. The highest BCUT2D eigenvalue weighted by molar-refractivity contribution is 9.10. The van der Waals surface area contributed by atoms with Crippen LogP contribution >= 0.6 is 27.5 Å². The first kappa shape index (κ1) is 14.3. The Labute approximate surface area is 124 Å². The molecule has 0 unspecified atom stereocenters. The minimum atomic E-state index is -3.54. The fourth-order valence-electron chi connectivity index (χ4n) is 1.53. The van der Waals surface area contributed by atoms with Crippen molar-refractivity contribution in [2.45, 2.75) is 10.6 Å². The van der Waals surface area contributed by atoms with Crippen LogP contribution in [0.5, 0.6) is 0 Å². The normalized spacial score (nSPS) is 11.5. The molecule has 1 heterocycles. The summed E-state index contributed by atoms with van der Waals surface area (Å²) in [6.45, 7) is 0. The lowest BCUT2D eigenvalue weighted by molar-refractivity contribution is 0.594. The van der Waals surface area contributed by atoms with Gasteiger partial charge in [0.1, 0.15) is 0 Å². The number of anilines is 1. The van der Waals surface area contributed by atoms with Crippen molar-refractivity contribution >= 4 is 43.1 Å². The molecular weight excluding hydrogens is 352 g/mol. The monoisotopic (exact) mass is 360 g/mol. The van der Waals surface area contributed by atoms with Crippen LogP contribution in [-0.4, -0.2) is 13.4 Å². The SMILES string of the molecule is Nc1ccc(S(=O)(=O)Cc2ccc(Br)cn2)c(Cl)c1. The summed E-state index contributed by atoms with van der Waals surface area (Å²) < 4.78 is 25.3. The zero-order valence-corrected chi connectivity index (χ0v) is 12.8. The zero-order valence-electron chi connectivity index (χ0n) is 9.68. The first-order chi connectivity index (χ1) is 8.88. The number of halogens is 2. The Bertz CT molecular complexity index is 702. The Morgan fingerprint density at radius 1 is 1.26 bits per heavy atom. The zero-order chi connectivity index (χ0) is 14.0. The molecular formula is C12H10BrClN2O2S. The third kappa shape index (κ3) is 3.46. The highest BCUT2D eigenvalue weighted by atomic mass is 79.9. The van der Waals surface area contributed by atoms with Crippen LogP contribution in [0.1, 0.15) is 5.69 Å². The molecule has 2 N–H and O–H groups in total. The number of sulfone groups is 1. The molecule has 19 heavy (non-hydrogen) atoms. The van der Waals surface area contributed by atoms with Crippen LogP contribution in [0, 0.1) is 0 Å². The van der Waals surface area contributed by atoms with Crippen LogP contribution in [0.3, 0.4) is 0 Å². The van der Waals surface area contributed by atoms with Crippen LogP contribution in [0.25, 0.3) is 0 Å². The lowest BCUT2D eigenvalue weighted by Crippen LogP contribution is -2.07. The lowest BCUT2D eigenvalue weighted by atomic mass is 10.3. The average Bonchev–Trinajstić information content (AvgIpc) is 2.31. The molecule has 0 aliphatic rings. The van der Waals surface area contributed by atoms with Crippen LogP contribution < -0.4 is 5.73 Å². The van der Waals surface area contributed by atoms with Crippen molar-refractivity contribution in [2.24, 2.45) is 0 Å². The number of pyridine rings is 1. The van der Waals surface area contributed by atoms with E-state index in [9.17, 15) is 8.42 Å². The Kier molecular flexibility index (Phi) is 4.13. The van der Waals surface area contributed by atoms with E-state index >= 15 is 0 Å². The van der Waals surface area contributed by atoms with Crippen LogP contribution in [0.15, 0.2) is 45.9 Å². The molecule has 0 saturated carbocycles. The van der Waals surface area contributed by atoms with Crippen LogP contribution in [0.2, 0.25) is 5.02 Å². The topological polar surface area (TPSA) is 73.1 Å². The van der Waals surface area contributed by atoms with Crippen molar-refractivity contribution in [3.8, 4) is 0 Å². The van der Waals surface area contributed by atoms with Crippen molar-refractivity contribution in [3.63, 3.8) is 0 Å². The third-order valence-electron chi connectivity index (χ3n) is 2.42. The minimum absolute atomic E-state index is 0.0630. The molecule has 2 rings (SSSR count). The molecule has 0 fully saturated rings. The number of hydrogen-bond donors (Lipinski definition) is 1. The number of benzene rings is 1. The Morgan fingerprint density at radius 3 is 2.58 bits per heavy atom. The second-order valence-electron chi connectivity index (χ2n) is 3.92. The summed E-state index contributed by atoms with van der Waals surface area (Å²) in [7, 11) is -3.54. The average molecular weight is 362 g/mol. The van der Waals surface area contributed by atoms with Gasteiger partial charge in [-0.25, -0.2) is 8.42 Å². The molecule has 0 radical (unpaired) electrons. The van der Waals surface area contributed by atoms with Crippen molar-refractivity contribution < 1.29 is 8.42 Å². The van der Waals surface area contributed by atoms with Gasteiger partial charge >= 0.3 is 0 Å². The highest BCUT2D eigenvalue weighted by Gasteiger charge is 2.19. The molecule has 1 aromatic heterocycles. The maximum absolute atomic E-state index is 12.2. The van der Waals surface area contributed by atoms with E-state index in [-0.39, 0.29) is 15.7 Å². The van der Waals surface area contributed by atoms with Gasteiger partial charge in [-0.1, -0.05) is 11.6 Å². The van der Waals surface area contributed by atoms with Gasteiger partial charge in [0.05, 0.1) is 21.4 Å². The molecule has 4 nitrogen and oxygen atoms in total. The Morgan fingerprint density at radius 2 is 2.00 bits per heavy atom. The highest BCUT2D eigenvalue weighted by Crippen LogP contribution is 2.26. The number of nitrogens with two attached hydrogens (primary N) is 1. The minimum Gasteiger partial charge on any atom is -0.399 e. The maximum atomic E-state index is 12.2. The molecule has 0 spiro atoms. The van der Waals surface area contributed by atoms with Gasteiger partial charge in [-0.15, -0.1) is 0 Å². The molecule has 2 aromatic rings. The van der Waals surface area contributed by atoms with E-state index in [1.54, 1.807) is 18.3 Å². The van der Waals surface area contributed by atoms with Gasteiger partial charge in [-0.05, 0) is 46.3 Å². The Balaban J connectivity index is 2.35. The second-order valence-corrected chi connectivity index (χ2v) is 7.20. The van der Waals surface area contributed by atoms with Crippen LogP contribution in [0.4, 0.5) is 5.69 Å². The quantitative estimate of drug-likeness (QED) is 0.853. The van der Waals surface area contributed by atoms with Gasteiger partial charge in [0.2, 0.25) is 0 Å². The molecule has 0 atom stereocenters. The number of nitrogens with zero attached hydrogens (tertiary/aromatic N) is 1. The fraction of sp³-hybridized carbons (Fsp3) is 0.0833. The van der Waals surface area contributed by atoms with Crippen molar-refractivity contribution in [2.75, 3.05) is 5.73 Å². The number of nitrogen functional groups attached to an aromatic ring is 1. The number of hydrogen-bond acceptors (Lipinski definition) is 4. The largest absolute Gasteiger partial charge is 0.399 e. The van der Waals surface area contributed by atoms with Crippen LogP contribution in [-0.2, 0) is 15.6 Å². The molecule has 0 bridgehead atoms. The van der Waals surface area contributed by atoms with Gasteiger partial charge in [-0.2, -0.15) is 0 Å². The molecule has 7 heteroatoms. The van der Waals surface area contributed by atoms with E-state index in [4.69, 9.17) is 17.3 Å². The summed E-state index contributed by atoms with van der Waals surface area (Å²) in [4.78, 5) is 4.11. The van der Waals surface area contributed by atoms with Gasteiger partial charge in [0.15, 0.2) is 9.84 Å². The summed E-state index contributed by atoms with van der Waals surface area (Å²) >= 11 is 9.16. The lowest BCUT2D eigenvalue weighted by Gasteiger charge is -2.07. The molecule has 1 aromatic carbocycles. The second kappa shape index (κ2) is 5.48. The van der Waals surface area contributed by atoms with Gasteiger partial charge in [0, 0.05) is 16.4 Å². The summed E-state index contributed by atoms with van der Waals surface area (Å²) in [5.41, 5.74) is 6.42. The summed E-state index contributed by atoms with van der Waals surface area (Å²) in [6.07, 6.45) is 1.55. The molecule has 100 valence electrons. The first-order valence-corrected chi connectivity index (χ1v) is 8.09. The van der Waals surface area contributed by atoms with Gasteiger partial charge in [-0.3, -0.25) is 4.98 Å². The Hall–Kier alpha value is -1.11. The predicted octanol–water partition coefficient (Wildman–Crippen LogP) is 3.05. The number of rotatable bonds is 3. The molecule has 0 amide bonds. The summed E-state index contributed by atoms with van der Waals surface area (Å²) in [5, 5.41) is 0.122. The fourth-order valence-corrected chi connectivity index (χ4v) is 3.66. The summed E-state index contributed by atoms with van der Waals surface area (Å²) in [6, 6.07) is 7.72. The van der Waals surface area contributed by atoms with E-state index in [1.807, 2.05) is 0 Å². The number of aromatic nitrogens is 1. The molecule has 0 aliphatic heterocycles. The van der Waals surface area contributed by atoms with E-state index in [0.717, 1.165) is 4.47 Å².